The molecular weight excluding hydrogens is 400 g/mol. The molecule has 0 saturated carbocycles. The lowest BCUT2D eigenvalue weighted by Crippen LogP contribution is -2.19. The molecule has 0 bridgehead atoms. The van der Waals surface area contributed by atoms with E-state index in [1.54, 1.807) is 13.0 Å². The lowest BCUT2D eigenvalue weighted by molar-refractivity contribution is -0.384. The van der Waals surface area contributed by atoms with Crippen molar-refractivity contribution < 1.29 is 14.5 Å². The predicted octanol–water partition coefficient (Wildman–Crippen LogP) is 2.75. The number of rotatable bonds is 5. The van der Waals surface area contributed by atoms with E-state index in [2.05, 4.69) is 20.9 Å². The van der Waals surface area contributed by atoms with Crippen LogP contribution in [-0.2, 0) is 0 Å². The van der Waals surface area contributed by atoms with Gasteiger partial charge in [0.1, 0.15) is 0 Å². The molecule has 1 heterocycles. The fourth-order valence-corrected chi connectivity index (χ4v) is 2.78. The molecule has 0 aliphatic carbocycles. The zero-order valence-corrected chi connectivity index (χ0v) is 16.1. The molecule has 0 spiro atoms. The van der Waals surface area contributed by atoms with Gasteiger partial charge in [0.15, 0.2) is 5.69 Å². The van der Waals surface area contributed by atoms with Crippen LogP contribution in [0, 0.1) is 17.0 Å². The maximum Gasteiger partial charge on any atom is 0.278 e. The van der Waals surface area contributed by atoms with Crippen molar-refractivity contribution in [3.63, 3.8) is 0 Å². The summed E-state index contributed by atoms with van der Waals surface area (Å²) in [5.41, 5.74) is 1.23. The Morgan fingerprint density at radius 2 is 1.93 bits per heavy atom. The number of halogens is 1. The minimum atomic E-state index is -0.588. The Balaban J connectivity index is 1.90. The number of carbonyl (C=O) groups excluding carboxylic acids is 2. The molecule has 2 N–H and O–H groups in total. The molecular formula is C18H15ClN6O4. The Bertz CT molecular complexity index is 1130. The average molecular weight is 415 g/mol. The summed E-state index contributed by atoms with van der Waals surface area (Å²) in [4.78, 5) is 34.9. The first kappa shape index (κ1) is 20.0. The van der Waals surface area contributed by atoms with Gasteiger partial charge in [0.2, 0.25) is 0 Å². The molecule has 11 heteroatoms. The van der Waals surface area contributed by atoms with Crippen LogP contribution >= 0.6 is 11.6 Å². The van der Waals surface area contributed by atoms with Gasteiger partial charge in [-0.25, -0.2) is 4.68 Å². The average Bonchev–Trinajstić information content (AvgIpc) is 3.10. The highest BCUT2D eigenvalue weighted by atomic mass is 35.5. The van der Waals surface area contributed by atoms with Gasteiger partial charge in [0.25, 0.3) is 17.5 Å². The minimum Gasteiger partial charge on any atom is -0.355 e. The Hall–Kier alpha value is -3.79. The Morgan fingerprint density at radius 1 is 1.17 bits per heavy atom. The number of amides is 2. The van der Waals surface area contributed by atoms with Crippen molar-refractivity contribution in [2.75, 3.05) is 12.4 Å². The second kappa shape index (κ2) is 8.07. The molecule has 0 atom stereocenters. The number of aromatic nitrogens is 3. The lowest BCUT2D eigenvalue weighted by atomic mass is 10.2. The summed E-state index contributed by atoms with van der Waals surface area (Å²) in [5.74, 6) is -0.917. The minimum absolute atomic E-state index is 0.0120. The molecule has 148 valence electrons. The molecule has 0 aliphatic rings. The van der Waals surface area contributed by atoms with Crippen LogP contribution in [0.2, 0.25) is 5.02 Å². The second-order valence-corrected chi connectivity index (χ2v) is 6.35. The van der Waals surface area contributed by atoms with Gasteiger partial charge >= 0.3 is 0 Å². The monoisotopic (exact) mass is 414 g/mol. The van der Waals surface area contributed by atoms with Crippen molar-refractivity contribution in [2.24, 2.45) is 0 Å². The number of nitrogens with zero attached hydrogens (tertiary/aromatic N) is 4. The number of anilines is 1. The quantitative estimate of drug-likeness (QED) is 0.487. The third kappa shape index (κ3) is 4.06. The van der Waals surface area contributed by atoms with E-state index in [1.165, 1.54) is 48.1 Å². The lowest BCUT2D eigenvalue weighted by Gasteiger charge is -2.09. The zero-order chi connectivity index (χ0) is 21.1. The third-order valence-corrected chi connectivity index (χ3v) is 4.43. The number of nitro benzene ring substituents is 1. The highest BCUT2D eigenvalue weighted by Gasteiger charge is 2.20. The number of nitro groups is 1. The van der Waals surface area contributed by atoms with Gasteiger partial charge < -0.3 is 10.6 Å². The molecule has 0 saturated heterocycles. The van der Waals surface area contributed by atoms with E-state index in [1.807, 2.05) is 0 Å². The summed E-state index contributed by atoms with van der Waals surface area (Å²) in [5, 5.41) is 24.1. The first-order valence-electron chi connectivity index (χ1n) is 8.32. The molecule has 2 aromatic carbocycles. The number of hydrogen-bond donors (Lipinski definition) is 2. The van der Waals surface area contributed by atoms with E-state index in [9.17, 15) is 19.7 Å². The van der Waals surface area contributed by atoms with Crippen LogP contribution in [-0.4, -0.2) is 38.8 Å². The molecule has 0 aliphatic heterocycles. The van der Waals surface area contributed by atoms with Crippen LogP contribution in [0.1, 0.15) is 26.5 Å². The molecule has 2 amide bonds. The van der Waals surface area contributed by atoms with Crippen molar-refractivity contribution in [1.82, 2.24) is 20.3 Å². The SMILES string of the molecule is CNC(=O)c1ccc(Cl)c(NC(=O)c2nnn(-c3cccc([N+](=O)[O-])c3)c2C)c1. The third-order valence-electron chi connectivity index (χ3n) is 4.10. The molecule has 0 unspecified atom stereocenters. The van der Waals surface area contributed by atoms with Gasteiger partial charge in [-0.3, -0.25) is 19.7 Å². The van der Waals surface area contributed by atoms with E-state index in [4.69, 9.17) is 11.6 Å². The van der Waals surface area contributed by atoms with Crippen molar-refractivity contribution in [1.29, 1.82) is 0 Å². The molecule has 10 nitrogen and oxygen atoms in total. The molecule has 29 heavy (non-hydrogen) atoms. The number of benzene rings is 2. The summed E-state index contributed by atoms with van der Waals surface area (Å²) in [6.45, 7) is 1.61. The van der Waals surface area contributed by atoms with Gasteiger partial charge in [-0.05, 0) is 31.2 Å². The van der Waals surface area contributed by atoms with E-state index >= 15 is 0 Å². The number of hydrogen-bond acceptors (Lipinski definition) is 6. The summed E-state index contributed by atoms with van der Waals surface area (Å²) in [7, 11) is 1.49. The molecule has 3 rings (SSSR count). The summed E-state index contributed by atoms with van der Waals surface area (Å²) in [6.07, 6.45) is 0. The highest BCUT2D eigenvalue weighted by Crippen LogP contribution is 2.24. The second-order valence-electron chi connectivity index (χ2n) is 5.94. The van der Waals surface area contributed by atoms with Crippen LogP contribution in [0.5, 0.6) is 0 Å². The smallest absolute Gasteiger partial charge is 0.278 e. The van der Waals surface area contributed by atoms with Crippen LogP contribution in [0.4, 0.5) is 11.4 Å². The van der Waals surface area contributed by atoms with E-state index in [0.717, 1.165) is 0 Å². The first-order chi connectivity index (χ1) is 13.8. The van der Waals surface area contributed by atoms with Crippen LogP contribution in [0.25, 0.3) is 5.69 Å². The molecule has 0 radical (unpaired) electrons. The summed E-state index contributed by atoms with van der Waals surface area (Å²) < 4.78 is 1.32. The van der Waals surface area contributed by atoms with E-state index < -0.39 is 10.8 Å². The van der Waals surface area contributed by atoms with Crippen LogP contribution < -0.4 is 10.6 Å². The highest BCUT2D eigenvalue weighted by molar-refractivity contribution is 6.34. The Morgan fingerprint density at radius 3 is 2.62 bits per heavy atom. The number of nitrogens with one attached hydrogen (secondary N) is 2. The van der Waals surface area contributed by atoms with Crippen molar-refractivity contribution in [2.45, 2.75) is 6.92 Å². The van der Waals surface area contributed by atoms with Gasteiger partial charge in [-0.15, -0.1) is 5.10 Å². The van der Waals surface area contributed by atoms with Crippen molar-refractivity contribution >= 4 is 34.8 Å². The van der Waals surface area contributed by atoms with E-state index in [0.29, 0.717) is 16.9 Å². The normalized spacial score (nSPS) is 10.4. The van der Waals surface area contributed by atoms with Gasteiger partial charge in [-0.2, -0.15) is 0 Å². The van der Waals surface area contributed by atoms with Gasteiger partial charge in [0.05, 0.1) is 27.0 Å². The van der Waals surface area contributed by atoms with Gasteiger partial charge in [-0.1, -0.05) is 22.9 Å². The van der Waals surface area contributed by atoms with Crippen molar-refractivity contribution in [3.8, 4) is 5.69 Å². The maximum absolute atomic E-state index is 12.7. The standard InChI is InChI=1S/C18H15ClN6O4/c1-10-16(22-23-24(10)12-4-3-5-13(9-12)25(28)29)18(27)21-15-8-11(17(26)20-2)6-7-14(15)19/h3-9H,1-2H3,(H,20,26)(H,21,27). The predicted molar refractivity (Wildman–Crippen MR) is 106 cm³/mol. The summed E-state index contributed by atoms with van der Waals surface area (Å²) in [6, 6.07) is 10.3. The number of non-ortho nitro benzene ring substituents is 1. The fourth-order valence-electron chi connectivity index (χ4n) is 2.61. The molecule has 1 aromatic heterocycles. The van der Waals surface area contributed by atoms with Gasteiger partial charge in [0, 0.05) is 24.7 Å². The topological polar surface area (TPSA) is 132 Å². The Kier molecular flexibility index (Phi) is 5.55. The van der Waals surface area contributed by atoms with Crippen molar-refractivity contribution in [3.05, 3.63) is 74.6 Å². The Labute approximate surface area is 169 Å². The molecule has 0 fully saturated rings. The zero-order valence-electron chi connectivity index (χ0n) is 15.3. The fraction of sp³-hybridized carbons (Fsp3) is 0.111. The van der Waals surface area contributed by atoms with Crippen LogP contribution in [0.3, 0.4) is 0 Å². The first-order valence-corrected chi connectivity index (χ1v) is 8.69. The maximum atomic E-state index is 12.7. The molecule has 3 aromatic rings. The largest absolute Gasteiger partial charge is 0.355 e. The summed E-state index contributed by atoms with van der Waals surface area (Å²) >= 11 is 6.11. The van der Waals surface area contributed by atoms with Crippen LogP contribution in [0.15, 0.2) is 42.5 Å². The number of carbonyl (C=O) groups is 2. The van der Waals surface area contributed by atoms with E-state index in [-0.39, 0.29) is 28.0 Å².